The average Bonchev–Trinajstić information content (AvgIpc) is 2.34. The van der Waals surface area contributed by atoms with Gasteiger partial charge >= 0.3 is 0 Å². The van der Waals surface area contributed by atoms with Gasteiger partial charge in [-0.25, -0.2) is 0 Å². The summed E-state index contributed by atoms with van der Waals surface area (Å²) < 4.78 is 0. The molecular formula is C16H32N2O2. The zero-order valence-electron chi connectivity index (χ0n) is 13.8. The van der Waals surface area contributed by atoms with Crippen molar-refractivity contribution < 1.29 is 9.90 Å². The van der Waals surface area contributed by atoms with E-state index in [-0.39, 0.29) is 23.3 Å². The zero-order valence-corrected chi connectivity index (χ0v) is 13.8. The summed E-state index contributed by atoms with van der Waals surface area (Å²) in [5, 5.41) is 13.2. The Morgan fingerprint density at radius 2 is 1.85 bits per heavy atom. The number of hydrogen-bond acceptors (Lipinski definition) is 3. The minimum Gasteiger partial charge on any atom is -0.392 e. The smallest absolute Gasteiger partial charge is 0.223 e. The van der Waals surface area contributed by atoms with Gasteiger partial charge in [0.25, 0.3) is 0 Å². The standard InChI is InChI=1S/C16H32N2O2/c1-12(2)14(19)11-17-13-6-8-18(9-7-13)15(20)10-16(3,4)5/h12-14,17,19H,6-11H2,1-5H3. The van der Waals surface area contributed by atoms with Gasteiger partial charge in [-0.1, -0.05) is 34.6 Å². The Morgan fingerprint density at radius 1 is 1.30 bits per heavy atom. The van der Waals surface area contributed by atoms with E-state index >= 15 is 0 Å². The van der Waals surface area contributed by atoms with E-state index in [1.54, 1.807) is 0 Å². The Balaban J connectivity index is 2.28. The molecular weight excluding hydrogens is 252 g/mol. The highest BCUT2D eigenvalue weighted by Gasteiger charge is 2.26. The molecule has 1 rings (SSSR count). The molecule has 0 aliphatic carbocycles. The van der Waals surface area contributed by atoms with Crippen LogP contribution < -0.4 is 5.32 Å². The summed E-state index contributed by atoms with van der Waals surface area (Å²) in [5.74, 6) is 0.564. The maximum absolute atomic E-state index is 12.1. The maximum atomic E-state index is 12.1. The van der Waals surface area contributed by atoms with Crippen molar-refractivity contribution in [1.29, 1.82) is 0 Å². The third kappa shape index (κ3) is 6.23. The first-order valence-corrected chi connectivity index (χ1v) is 7.88. The van der Waals surface area contributed by atoms with Gasteiger partial charge in [0.05, 0.1) is 6.10 Å². The number of nitrogens with one attached hydrogen (secondary N) is 1. The summed E-state index contributed by atoms with van der Waals surface area (Å²) in [5.41, 5.74) is 0.0631. The van der Waals surface area contributed by atoms with Crippen molar-refractivity contribution in [3.8, 4) is 0 Å². The van der Waals surface area contributed by atoms with Crippen LogP contribution in [-0.4, -0.2) is 47.7 Å². The summed E-state index contributed by atoms with van der Waals surface area (Å²) in [4.78, 5) is 14.1. The fraction of sp³-hybridized carbons (Fsp3) is 0.938. The predicted molar refractivity (Wildman–Crippen MR) is 82.5 cm³/mol. The SMILES string of the molecule is CC(C)C(O)CNC1CCN(C(=O)CC(C)(C)C)CC1. The molecule has 118 valence electrons. The van der Waals surface area contributed by atoms with Crippen molar-refractivity contribution in [1.82, 2.24) is 10.2 Å². The van der Waals surface area contributed by atoms with Crippen LogP contribution in [0.25, 0.3) is 0 Å². The van der Waals surface area contributed by atoms with Crippen LogP contribution in [0.15, 0.2) is 0 Å². The van der Waals surface area contributed by atoms with Crippen molar-refractivity contribution >= 4 is 5.91 Å². The van der Waals surface area contributed by atoms with Gasteiger partial charge in [-0.05, 0) is 24.2 Å². The Morgan fingerprint density at radius 3 is 2.30 bits per heavy atom. The number of aliphatic hydroxyl groups excluding tert-OH is 1. The molecule has 1 fully saturated rings. The molecule has 2 N–H and O–H groups in total. The van der Waals surface area contributed by atoms with E-state index in [9.17, 15) is 9.90 Å². The van der Waals surface area contributed by atoms with Crippen molar-refractivity contribution in [2.24, 2.45) is 11.3 Å². The van der Waals surface area contributed by atoms with Gasteiger partial charge < -0.3 is 15.3 Å². The second kappa shape index (κ2) is 7.41. The minimum atomic E-state index is -0.282. The van der Waals surface area contributed by atoms with E-state index in [2.05, 4.69) is 26.1 Å². The molecule has 4 nitrogen and oxygen atoms in total. The number of amides is 1. The third-order valence-electron chi connectivity index (χ3n) is 3.91. The fourth-order valence-corrected chi connectivity index (χ4v) is 2.42. The highest BCUT2D eigenvalue weighted by atomic mass is 16.3. The number of carbonyl (C=O) groups is 1. The summed E-state index contributed by atoms with van der Waals surface area (Å²) in [6, 6.07) is 0.432. The van der Waals surface area contributed by atoms with E-state index in [1.165, 1.54) is 0 Å². The van der Waals surface area contributed by atoms with E-state index < -0.39 is 0 Å². The van der Waals surface area contributed by atoms with Crippen LogP contribution in [0.5, 0.6) is 0 Å². The largest absolute Gasteiger partial charge is 0.392 e. The molecule has 1 heterocycles. The molecule has 1 amide bonds. The molecule has 1 aliphatic heterocycles. The first-order valence-electron chi connectivity index (χ1n) is 7.88. The van der Waals surface area contributed by atoms with Gasteiger partial charge in [0, 0.05) is 32.1 Å². The zero-order chi connectivity index (χ0) is 15.3. The van der Waals surface area contributed by atoms with Crippen LogP contribution in [0.1, 0.15) is 53.9 Å². The summed E-state index contributed by atoms with van der Waals surface area (Å²) in [6.45, 7) is 12.7. The number of rotatable bonds is 5. The Hall–Kier alpha value is -0.610. The molecule has 0 bridgehead atoms. The number of likely N-dealkylation sites (tertiary alicyclic amines) is 1. The Labute approximate surface area is 123 Å². The lowest BCUT2D eigenvalue weighted by Crippen LogP contribution is -2.47. The van der Waals surface area contributed by atoms with Crippen LogP contribution in [0, 0.1) is 11.3 Å². The van der Waals surface area contributed by atoms with Crippen LogP contribution >= 0.6 is 0 Å². The van der Waals surface area contributed by atoms with Gasteiger partial charge in [-0.15, -0.1) is 0 Å². The van der Waals surface area contributed by atoms with Crippen molar-refractivity contribution in [2.75, 3.05) is 19.6 Å². The van der Waals surface area contributed by atoms with Gasteiger partial charge in [-0.3, -0.25) is 4.79 Å². The molecule has 1 aliphatic rings. The molecule has 4 heteroatoms. The van der Waals surface area contributed by atoms with E-state index in [4.69, 9.17) is 0 Å². The van der Waals surface area contributed by atoms with Crippen molar-refractivity contribution in [2.45, 2.75) is 66.0 Å². The lowest BCUT2D eigenvalue weighted by atomic mass is 9.91. The van der Waals surface area contributed by atoms with E-state index in [1.807, 2.05) is 18.7 Å². The van der Waals surface area contributed by atoms with Gasteiger partial charge in [-0.2, -0.15) is 0 Å². The summed E-state index contributed by atoms with van der Waals surface area (Å²) in [6.07, 6.45) is 2.31. The lowest BCUT2D eigenvalue weighted by molar-refractivity contribution is -0.134. The fourth-order valence-electron chi connectivity index (χ4n) is 2.42. The molecule has 0 radical (unpaired) electrons. The molecule has 1 saturated heterocycles. The molecule has 0 aromatic heterocycles. The molecule has 20 heavy (non-hydrogen) atoms. The van der Waals surface area contributed by atoms with E-state index in [0.717, 1.165) is 25.9 Å². The highest BCUT2D eigenvalue weighted by molar-refractivity contribution is 5.76. The molecule has 1 unspecified atom stereocenters. The first-order chi connectivity index (χ1) is 9.19. The second-order valence-electron chi connectivity index (χ2n) is 7.61. The number of aliphatic hydroxyl groups is 1. The topological polar surface area (TPSA) is 52.6 Å². The Kier molecular flexibility index (Phi) is 6.46. The third-order valence-corrected chi connectivity index (χ3v) is 3.91. The highest BCUT2D eigenvalue weighted by Crippen LogP contribution is 2.21. The van der Waals surface area contributed by atoms with Gasteiger partial charge in [0.1, 0.15) is 0 Å². The lowest BCUT2D eigenvalue weighted by Gasteiger charge is -2.34. The quantitative estimate of drug-likeness (QED) is 0.812. The monoisotopic (exact) mass is 284 g/mol. The van der Waals surface area contributed by atoms with Gasteiger partial charge in [0.15, 0.2) is 0 Å². The predicted octanol–water partition coefficient (Wildman–Crippen LogP) is 2.02. The summed E-state index contributed by atoms with van der Waals surface area (Å²) >= 11 is 0. The van der Waals surface area contributed by atoms with E-state index in [0.29, 0.717) is 19.0 Å². The Bertz CT molecular complexity index is 302. The van der Waals surface area contributed by atoms with Crippen LogP contribution in [0.2, 0.25) is 0 Å². The average molecular weight is 284 g/mol. The van der Waals surface area contributed by atoms with Crippen LogP contribution in [0.3, 0.4) is 0 Å². The second-order valence-corrected chi connectivity index (χ2v) is 7.61. The molecule has 0 saturated carbocycles. The van der Waals surface area contributed by atoms with Crippen LogP contribution in [0.4, 0.5) is 0 Å². The molecule has 0 aromatic rings. The van der Waals surface area contributed by atoms with Crippen molar-refractivity contribution in [3.05, 3.63) is 0 Å². The number of piperidine rings is 1. The number of nitrogens with zero attached hydrogens (tertiary/aromatic N) is 1. The minimum absolute atomic E-state index is 0.0631. The normalized spacial score (nSPS) is 19.4. The first kappa shape index (κ1) is 17.4. The number of hydrogen-bond donors (Lipinski definition) is 2. The van der Waals surface area contributed by atoms with Gasteiger partial charge in [0.2, 0.25) is 5.91 Å². The van der Waals surface area contributed by atoms with Crippen LogP contribution in [-0.2, 0) is 4.79 Å². The molecule has 0 spiro atoms. The summed E-state index contributed by atoms with van der Waals surface area (Å²) in [7, 11) is 0. The number of carbonyl (C=O) groups excluding carboxylic acids is 1. The maximum Gasteiger partial charge on any atom is 0.223 e. The van der Waals surface area contributed by atoms with Crippen molar-refractivity contribution in [3.63, 3.8) is 0 Å². The molecule has 0 aromatic carbocycles. The molecule has 1 atom stereocenters.